The quantitative estimate of drug-likeness (QED) is 0.0994. The number of hydrogen-bond acceptors (Lipinski definition) is 6. The van der Waals surface area contributed by atoms with Crippen molar-refractivity contribution in [3.05, 3.63) is 175 Å². The molecule has 0 radical (unpaired) electrons. The van der Waals surface area contributed by atoms with Crippen LogP contribution < -0.4 is 0 Å². The molecule has 4 aliphatic rings. The summed E-state index contributed by atoms with van der Waals surface area (Å²) in [4.78, 5) is 59.9. The van der Waals surface area contributed by atoms with Crippen molar-refractivity contribution in [2.75, 3.05) is 0 Å². The molecule has 276 valence electrons. The van der Waals surface area contributed by atoms with Crippen LogP contribution in [-0.2, 0) is 10.8 Å². The molecule has 0 N–H and O–H groups in total. The van der Waals surface area contributed by atoms with Gasteiger partial charge in [0.15, 0.2) is 23.1 Å². The maximum Gasteiger partial charge on any atom is 0.197 e. The third-order valence-electron chi connectivity index (χ3n) is 13.1. The van der Waals surface area contributed by atoms with Gasteiger partial charge in [-0.3, -0.25) is 19.2 Å². The predicted octanol–water partition coefficient (Wildman–Crippen LogP) is 12.9. The second kappa shape index (κ2) is 11.2. The van der Waals surface area contributed by atoms with Gasteiger partial charge in [0.1, 0.15) is 0 Å². The van der Waals surface area contributed by atoms with Crippen LogP contribution in [0.1, 0.15) is 95.6 Å². The highest BCUT2D eigenvalue weighted by Gasteiger charge is 2.48. The van der Waals surface area contributed by atoms with E-state index in [4.69, 9.17) is 0 Å². The van der Waals surface area contributed by atoms with Crippen molar-refractivity contribution in [2.45, 2.75) is 38.5 Å². The van der Waals surface area contributed by atoms with Crippen molar-refractivity contribution >= 4 is 101 Å². The standard InChI is InChI=1S/C52H32O4S2/c1-51(2)33(21-39-45(53)35-17-29-13-25-9-5-6-10-26(25)14-30(29)18-36(35)46(39)54)22-42-43(51)44-50(58-42)49-41(52(44,3)4)24-34(57-49)23-40-47(55)37-19-31-15-27-11-7-8-12-28(27)16-32(31)20-38(37)48(40)56/h5-24H,1-4H3. The lowest BCUT2D eigenvalue weighted by atomic mass is 9.73. The molecule has 0 saturated heterocycles. The van der Waals surface area contributed by atoms with E-state index in [0.717, 1.165) is 58.4 Å². The van der Waals surface area contributed by atoms with Crippen LogP contribution in [0.4, 0.5) is 0 Å². The molecule has 0 aliphatic heterocycles. The van der Waals surface area contributed by atoms with E-state index in [2.05, 4.69) is 88.4 Å². The Bertz CT molecular complexity index is 3310. The molecule has 0 amide bonds. The van der Waals surface area contributed by atoms with Gasteiger partial charge >= 0.3 is 0 Å². The first kappa shape index (κ1) is 33.8. The molecule has 6 heteroatoms. The highest BCUT2D eigenvalue weighted by atomic mass is 32.1. The van der Waals surface area contributed by atoms with Crippen molar-refractivity contribution in [1.82, 2.24) is 0 Å². The number of carbonyl (C=O) groups excluding carboxylic acids is 4. The fourth-order valence-corrected chi connectivity index (χ4v) is 12.9. The minimum atomic E-state index is -0.454. The first-order valence-electron chi connectivity index (χ1n) is 19.5. The van der Waals surface area contributed by atoms with Gasteiger partial charge in [-0.2, -0.15) is 0 Å². The number of benzene rings is 6. The second-order valence-electron chi connectivity index (χ2n) is 17.1. The Morgan fingerprint density at radius 3 is 1.33 bits per heavy atom. The average Bonchev–Trinajstić information content (AvgIpc) is 4.00. The molecule has 0 unspecified atom stereocenters. The molecule has 2 aromatic heterocycles. The number of allylic oxidation sites excluding steroid dienone is 4. The number of rotatable bonds is 2. The van der Waals surface area contributed by atoms with Crippen LogP contribution in [0.2, 0.25) is 0 Å². The molecule has 6 aromatic carbocycles. The summed E-state index contributed by atoms with van der Waals surface area (Å²) in [5, 5.41) is 8.16. The van der Waals surface area contributed by atoms with Crippen molar-refractivity contribution in [1.29, 1.82) is 0 Å². The molecule has 0 bridgehead atoms. The fraction of sp³-hybridized carbons (Fsp3) is 0.115. The first-order chi connectivity index (χ1) is 27.9. The smallest absolute Gasteiger partial charge is 0.197 e. The molecule has 0 atom stereocenters. The lowest BCUT2D eigenvalue weighted by Crippen LogP contribution is -2.24. The molecule has 4 nitrogen and oxygen atoms in total. The molecule has 58 heavy (non-hydrogen) atoms. The molecule has 0 spiro atoms. The molecule has 12 rings (SSSR count). The van der Waals surface area contributed by atoms with E-state index in [1.165, 1.54) is 26.4 Å². The zero-order valence-electron chi connectivity index (χ0n) is 32.0. The van der Waals surface area contributed by atoms with Gasteiger partial charge in [0.25, 0.3) is 0 Å². The maximum atomic E-state index is 13.9. The molecule has 0 fully saturated rings. The van der Waals surface area contributed by atoms with Gasteiger partial charge < -0.3 is 0 Å². The van der Waals surface area contributed by atoms with E-state index in [1.807, 2.05) is 54.6 Å². The van der Waals surface area contributed by atoms with Gasteiger partial charge in [-0.25, -0.2) is 0 Å². The molecule has 4 aliphatic carbocycles. The first-order valence-corrected chi connectivity index (χ1v) is 21.1. The highest BCUT2D eigenvalue weighted by molar-refractivity contribution is 7.23. The Hall–Kier alpha value is -6.34. The van der Waals surface area contributed by atoms with Gasteiger partial charge in [0.05, 0.1) is 11.1 Å². The maximum absolute atomic E-state index is 13.9. The molecule has 0 saturated carbocycles. The van der Waals surface area contributed by atoms with Crippen LogP contribution in [0.15, 0.2) is 126 Å². The van der Waals surface area contributed by atoms with Crippen molar-refractivity contribution in [2.24, 2.45) is 0 Å². The third kappa shape index (κ3) is 4.39. The van der Waals surface area contributed by atoms with Crippen molar-refractivity contribution in [3.63, 3.8) is 0 Å². The van der Waals surface area contributed by atoms with E-state index in [0.29, 0.717) is 22.3 Å². The lowest BCUT2D eigenvalue weighted by Gasteiger charge is -2.29. The van der Waals surface area contributed by atoms with Crippen molar-refractivity contribution < 1.29 is 19.2 Å². The zero-order valence-corrected chi connectivity index (χ0v) is 33.6. The summed E-state index contributed by atoms with van der Waals surface area (Å²) in [6.07, 6.45) is 5.79. The van der Waals surface area contributed by atoms with E-state index in [1.54, 1.807) is 28.7 Å². The summed E-state index contributed by atoms with van der Waals surface area (Å²) >= 11 is 3.37. The summed E-state index contributed by atoms with van der Waals surface area (Å²) in [6.45, 7) is 8.86. The Kier molecular flexibility index (Phi) is 6.52. The van der Waals surface area contributed by atoms with Gasteiger partial charge in [-0.15, -0.1) is 22.7 Å². The lowest BCUT2D eigenvalue weighted by molar-refractivity contribution is 0.0974. The van der Waals surface area contributed by atoms with Crippen LogP contribution in [0, 0.1) is 0 Å². The van der Waals surface area contributed by atoms with Crippen molar-refractivity contribution in [3.8, 4) is 9.75 Å². The minimum absolute atomic E-state index is 0.211. The number of thiophene rings is 2. The van der Waals surface area contributed by atoms with E-state index >= 15 is 0 Å². The summed E-state index contributed by atoms with van der Waals surface area (Å²) < 4.78 is 0. The summed E-state index contributed by atoms with van der Waals surface area (Å²) in [5.41, 5.74) is 6.13. The largest absolute Gasteiger partial charge is 0.288 e. The van der Waals surface area contributed by atoms with Gasteiger partial charge in [-0.1, -0.05) is 76.2 Å². The Labute approximate surface area is 341 Å². The normalized spacial score (nSPS) is 17.1. The van der Waals surface area contributed by atoms with Crippen LogP contribution in [0.5, 0.6) is 0 Å². The number of ketones is 4. The van der Waals surface area contributed by atoms with E-state index in [9.17, 15) is 19.2 Å². The summed E-state index contributed by atoms with van der Waals surface area (Å²) in [7, 11) is 0. The van der Waals surface area contributed by atoms with Crippen LogP contribution in [0.3, 0.4) is 0 Å². The van der Waals surface area contributed by atoms with E-state index < -0.39 is 5.41 Å². The third-order valence-corrected chi connectivity index (χ3v) is 15.4. The second-order valence-corrected chi connectivity index (χ2v) is 19.2. The van der Waals surface area contributed by atoms with Gasteiger partial charge in [0, 0.05) is 52.6 Å². The Morgan fingerprint density at radius 1 is 0.448 bits per heavy atom. The SMILES string of the molecule is CC1(C)C(C=C2C(=O)c3cc4cc5ccccc5cc4cc3C2=O)=Cc2sc3c(c21)C(C)(C)c1cc(C=C2C(=O)c4cc5cc6ccccc6cc5cc4C2=O)sc1-3. The molecule has 2 heterocycles. The van der Waals surface area contributed by atoms with Crippen LogP contribution >= 0.6 is 22.7 Å². The fourth-order valence-electron chi connectivity index (χ4n) is 9.95. The highest BCUT2D eigenvalue weighted by Crippen LogP contribution is 2.62. The van der Waals surface area contributed by atoms with Crippen LogP contribution in [-0.4, -0.2) is 23.1 Å². The summed E-state index contributed by atoms with van der Waals surface area (Å²) in [5.74, 6) is -0.895. The molecular formula is C52H32O4S2. The minimum Gasteiger partial charge on any atom is -0.288 e. The molecule has 8 aromatic rings. The van der Waals surface area contributed by atoms with E-state index in [-0.39, 0.29) is 39.7 Å². The average molecular weight is 785 g/mol. The number of fused-ring (bicyclic) bond motifs is 11. The zero-order chi connectivity index (χ0) is 39.6. The Morgan fingerprint density at radius 2 is 0.879 bits per heavy atom. The summed E-state index contributed by atoms with van der Waals surface area (Å²) in [6, 6.07) is 34.2. The monoisotopic (exact) mass is 784 g/mol. The van der Waals surface area contributed by atoms with Gasteiger partial charge in [-0.05, 0) is 138 Å². The van der Waals surface area contributed by atoms with Crippen LogP contribution in [0.25, 0.3) is 65.0 Å². The number of hydrogen-bond donors (Lipinski definition) is 0. The number of carbonyl (C=O) groups is 4. The number of Topliss-reactive ketones (excluding diaryl/α,β-unsaturated/α-hetero) is 4. The Balaban J connectivity index is 0.890. The molecular weight excluding hydrogens is 753 g/mol. The topological polar surface area (TPSA) is 68.3 Å². The predicted molar refractivity (Wildman–Crippen MR) is 237 cm³/mol. The van der Waals surface area contributed by atoms with Gasteiger partial charge in [0.2, 0.25) is 0 Å².